The normalized spacial score (nSPS) is 25.2. The summed E-state index contributed by atoms with van der Waals surface area (Å²) < 4.78 is 18.7. The summed E-state index contributed by atoms with van der Waals surface area (Å²) in [5, 5.41) is 3.59. The van der Waals surface area contributed by atoms with E-state index in [0.29, 0.717) is 6.04 Å². The largest absolute Gasteiger partial charge is 0.379 e. The van der Waals surface area contributed by atoms with Gasteiger partial charge in [-0.25, -0.2) is 4.39 Å². The van der Waals surface area contributed by atoms with Gasteiger partial charge in [0.2, 0.25) is 0 Å². The summed E-state index contributed by atoms with van der Waals surface area (Å²) in [4.78, 5) is 9.45. The lowest BCUT2D eigenvalue weighted by atomic mass is 9.96. The van der Waals surface area contributed by atoms with Gasteiger partial charge in [-0.3, -0.25) is 9.89 Å². The van der Waals surface area contributed by atoms with Gasteiger partial charge in [-0.1, -0.05) is 12.1 Å². The lowest BCUT2D eigenvalue weighted by Gasteiger charge is -2.32. The van der Waals surface area contributed by atoms with Crippen molar-refractivity contribution in [3.63, 3.8) is 0 Å². The number of rotatable bonds is 4. The van der Waals surface area contributed by atoms with E-state index in [4.69, 9.17) is 4.74 Å². The Kier molecular flexibility index (Phi) is 6.97. The smallest absolute Gasteiger partial charge is 0.193 e. The van der Waals surface area contributed by atoms with Crippen LogP contribution in [0.2, 0.25) is 0 Å². The molecule has 2 aliphatic heterocycles. The van der Waals surface area contributed by atoms with Crippen LogP contribution >= 0.6 is 24.0 Å². The van der Waals surface area contributed by atoms with E-state index in [1.165, 1.54) is 12.0 Å². The fraction of sp³-hybridized carbons (Fsp3) is 0.650. The second kappa shape index (κ2) is 9.05. The third-order valence-electron chi connectivity index (χ3n) is 6.13. The quantitative estimate of drug-likeness (QED) is 0.402. The Labute approximate surface area is 178 Å². The second-order valence-electron chi connectivity index (χ2n) is 7.72. The molecule has 1 N–H and O–H groups in total. The monoisotopic (exact) mass is 488 g/mol. The lowest BCUT2D eigenvalue weighted by Crippen LogP contribution is -2.47. The Balaban J connectivity index is 0.00000210. The van der Waals surface area contributed by atoms with Crippen LogP contribution in [0.4, 0.5) is 4.39 Å². The average molecular weight is 488 g/mol. The summed E-state index contributed by atoms with van der Waals surface area (Å²) in [5.74, 6) is 0.827. The van der Waals surface area contributed by atoms with Gasteiger partial charge in [0.1, 0.15) is 5.82 Å². The molecule has 1 saturated carbocycles. The zero-order valence-electron chi connectivity index (χ0n) is 16.0. The number of ether oxygens (including phenoxy) is 1. The van der Waals surface area contributed by atoms with Gasteiger partial charge >= 0.3 is 0 Å². The molecule has 3 aliphatic rings. The molecule has 0 spiro atoms. The number of likely N-dealkylation sites (tertiary alicyclic amines) is 1. The summed E-state index contributed by atoms with van der Waals surface area (Å²) >= 11 is 0. The van der Waals surface area contributed by atoms with Crippen molar-refractivity contribution in [3.8, 4) is 0 Å². The Morgan fingerprint density at radius 1 is 1.22 bits per heavy atom. The van der Waals surface area contributed by atoms with Crippen LogP contribution in [0, 0.1) is 5.82 Å². The van der Waals surface area contributed by atoms with Crippen molar-refractivity contribution in [2.75, 3.05) is 53.0 Å². The minimum atomic E-state index is -0.167. The van der Waals surface area contributed by atoms with Crippen molar-refractivity contribution >= 4 is 29.9 Å². The van der Waals surface area contributed by atoms with Gasteiger partial charge in [-0.2, -0.15) is 0 Å². The van der Waals surface area contributed by atoms with E-state index in [2.05, 4.69) is 20.1 Å². The van der Waals surface area contributed by atoms with E-state index in [0.717, 1.165) is 64.7 Å². The summed E-state index contributed by atoms with van der Waals surface area (Å²) in [7, 11) is 1.86. The van der Waals surface area contributed by atoms with E-state index in [9.17, 15) is 4.39 Å². The van der Waals surface area contributed by atoms with E-state index in [-0.39, 0.29) is 35.2 Å². The summed E-state index contributed by atoms with van der Waals surface area (Å²) in [5.41, 5.74) is 1.38. The molecule has 0 bridgehead atoms. The summed E-state index contributed by atoms with van der Waals surface area (Å²) in [6, 6.07) is 7.59. The number of halogens is 2. The van der Waals surface area contributed by atoms with Gasteiger partial charge in [0, 0.05) is 51.2 Å². The predicted molar refractivity (Wildman–Crippen MR) is 116 cm³/mol. The van der Waals surface area contributed by atoms with Crippen LogP contribution in [0.5, 0.6) is 0 Å². The molecule has 2 heterocycles. The van der Waals surface area contributed by atoms with Crippen molar-refractivity contribution in [3.05, 3.63) is 35.6 Å². The highest BCUT2D eigenvalue weighted by atomic mass is 127. The third kappa shape index (κ3) is 4.74. The first kappa shape index (κ1) is 20.8. The van der Waals surface area contributed by atoms with Crippen LogP contribution in [0.15, 0.2) is 29.3 Å². The molecule has 1 aromatic carbocycles. The molecule has 5 nitrogen and oxygen atoms in total. The first-order chi connectivity index (χ1) is 12.7. The van der Waals surface area contributed by atoms with Crippen molar-refractivity contribution < 1.29 is 9.13 Å². The van der Waals surface area contributed by atoms with E-state index in [1.54, 1.807) is 12.1 Å². The highest BCUT2D eigenvalue weighted by Crippen LogP contribution is 2.47. The van der Waals surface area contributed by atoms with Crippen LogP contribution in [0.3, 0.4) is 0 Å². The first-order valence-electron chi connectivity index (χ1n) is 9.74. The van der Waals surface area contributed by atoms with Gasteiger partial charge < -0.3 is 15.0 Å². The van der Waals surface area contributed by atoms with E-state index in [1.807, 2.05) is 19.2 Å². The van der Waals surface area contributed by atoms with Crippen LogP contribution < -0.4 is 5.32 Å². The number of hydrogen-bond acceptors (Lipinski definition) is 3. The summed E-state index contributed by atoms with van der Waals surface area (Å²) in [6.07, 6.45) is 3.49. The van der Waals surface area contributed by atoms with Crippen LogP contribution in [-0.2, 0) is 10.2 Å². The number of guanidine groups is 1. The first-order valence-corrected chi connectivity index (χ1v) is 9.74. The molecule has 4 rings (SSSR count). The Bertz CT molecular complexity index is 644. The molecule has 0 aromatic heterocycles. The molecule has 1 unspecified atom stereocenters. The number of nitrogens with zero attached hydrogens (tertiary/aromatic N) is 3. The fourth-order valence-corrected chi connectivity index (χ4v) is 4.28. The molecule has 1 aromatic rings. The molecule has 1 aliphatic carbocycles. The van der Waals surface area contributed by atoms with Crippen LogP contribution in [-0.4, -0.2) is 74.8 Å². The molecule has 3 fully saturated rings. The summed E-state index contributed by atoms with van der Waals surface area (Å²) in [6.45, 7) is 6.72. The van der Waals surface area contributed by atoms with Crippen molar-refractivity contribution in [2.45, 2.75) is 30.7 Å². The number of hydrogen-bond donors (Lipinski definition) is 1. The molecule has 0 amide bonds. The maximum Gasteiger partial charge on any atom is 0.193 e. The Hall–Kier alpha value is -0.930. The Morgan fingerprint density at radius 3 is 2.56 bits per heavy atom. The minimum Gasteiger partial charge on any atom is -0.379 e. The maximum atomic E-state index is 13.2. The lowest BCUT2D eigenvalue weighted by molar-refractivity contribution is 0.0195. The molecule has 150 valence electrons. The van der Waals surface area contributed by atoms with Crippen molar-refractivity contribution in [2.24, 2.45) is 4.99 Å². The number of benzene rings is 1. The molecule has 2 saturated heterocycles. The fourth-order valence-electron chi connectivity index (χ4n) is 4.28. The highest BCUT2D eigenvalue weighted by Gasteiger charge is 2.44. The standard InChI is InChI=1S/C20H29FN4O.HI/c1-22-19(25-9-6-18(14-25)24-10-12-26-13-11-24)23-15-20(7-8-20)16-2-4-17(21)5-3-16;/h2-5,18H,6-15H2,1H3,(H,22,23);1H. The minimum absolute atomic E-state index is 0. The second-order valence-corrected chi connectivity index (χ2v) is 7.72. The van der Waals surface area contributed by atoms with Gasteiger partial charge in [0.05, 0.1) is 13.2 Å². The topological polar surface area (TPSA) is 40.1 Å². The van der Waals surface area contributed by atoms with E-state index < -0.39 is 0 Å². The SMILES string of the molecule is CN=C(NCC1(c2ccc(F)cc2)CC1)N1CCC(N2CCOCC2)C1.I. The number of aliphatic imine (C=N–C) groups is 1. The molecular formula is C20H30FIN4O. The zero-order valence-corrected chi connectivity index (χ0v) is 18.3. The zero-order chi connectivity index (χ0) is 18.0. The molecule has 27 heavy (non-hydrogen) atoms. The highest BCUT2D eigenvalue weighted by molar-refractivity contribution is 14.0. The van der Waals surface area contributed by atoms with Gasteiger partial charge in [-0.05, 0) is 37.0 Å². The predicted octanol–water partition coefficient (Wildman–Crippen LogP) is 2.46. The number of morpholine rings is 1. The van der Waals surface area contributed by atoms with Gasteiger partial charge in [0.15, 0.2) is 5.96 Å². The van der Waals surface area contributed by atoms with Crippen molar-refractivity contribution in [1.29, 1.82) is 0 Å². The van der Waals surface area contributed by atoms with Crippen LogP contribution in [0.1, 0.15) is 24.8 Å². The Morgan fingerprint density at radius 2 is 1.93 bits per heavy atom. The molecule has 7 heteroatoms. The molecule has 1 atom stereocenters. The maximum absolute atomic E-state index is 13.2. The number of nitrogens with one attached hydrogen (secondary N) is 1. The van der Waals surface area contributed by atoms with Crippen LogP contribution in [0.25, 0.3) is 0 Å². The third-order valence-corrected chi connectivity index (χ3v) is 6.13. The van der Waals surface area contributed by atoms with Crippen molar-refractivity contribution in [1.82, 2.24) is 15.1 Å². The van der Waals surface area contributed by atoms with Gasteiger partial charge in [0.25, 0.3) is 0 Å². The molecular weight excluding hydrogens is 458 g/mol. The van der Waals surface area contributed by atoms with E-state index >= 15 is 0 Å². The average Bonchev–Trinajstić information content (AvgIpc) is 3.31. The molecule has 0 radical (unpaired) electrons. The van der Waals surface area contributed by atoms with Gasteiger partial charge in [-0.15, -0.1) is 24.0 Å².